The van der Waals surface area contributed by atoms with Crippen LogP contribution in [-0.4, -0.2) is 51.4 Å². The zero-order valence-electron chi connectivity index (χ0n) is 21.5. The monoisotopic (exact) mass is 523 g/mol. The van der Waals surface area contributed by atoms with Crippen LogP contribution in [0.5, 0.6) is 5.75 Å². The van der Waals surface area contributed by atoms with E-state index in [1.807, 2.05) is 38.1 Å². The summed E-state index contributed by atoms with van der Waals surface area (Å²) in [6.45, 7) is 5.54. The molecule has 2 amide bonds. The minimum Gasteiger partial charge on any atom is -0.494 e. The van der Waals surface area contributed by atoms with Crippen LogP contribution in [0.3, 0.4) is 0 Å². The summed E-state index contributed by atoms with van der Waals surface area (Å²) in [5.41, 5.74) is 2.14. The van der Waals surface area contributed by atoms with Crippen LogP contribution in [0.15, 0.2) is 83.8 Å². The number of aryl methyl sites for hydroxylation is 1. The fourth-order valence-corrected chi connectivity index (χ4v) is 5.32. The van der Waals surface area contributed by atoms with E-state index in [0.717, 1.165) is 15.4 Å². The van der Waals surface area contributed by atoms with Gasteiger partial charge in [-0.2, -0.15) is 0 Å². The molecule has 1 N–H and O–H groups in total. The Labute approximate surface area is 218 Å². The summed E-state index contributed by atoms with van der Waals surface area (Å²) in [6.07, 6.45) is 0. The van der Waals surface area contributed by atoms with Gasteiger partial charge in [0.25, 0.3) is 10.0 Å². The van der Waals surface area contributed by atoms with Crippen LogP contribution in [0.2, 0.25) is 0 Å². The third-order valence-electron chi connectivity index (χ3n) is 6.06. The third-order valence-corrected chi connectivity index (χ3v) is 7.85. The van der Waals surface area contributed by atoms with Crippen molar-refractivity contribution in [2.45, 2.75) is 38.3 Å². The third kappa shape index (κ3) is 6.68. The maximum absolute atomic E-state index is 13.8. The molecular weight excluding hydrogens is 490 g/mol. The summed E-state index contributed by atoms with van der Waals surface area (Å²) in [6, 6.07) is 21.2. The minimum absolute atomic E-state index is 0.0569. The maximum atomic E-state index is 13.8. The van der Waals surface area contributed by atoms with E-state index in [-0.39, 0.29) is 17.3 Å². The number of carbonyl (C=O) groups excluding carboxylic acids is 2. The number of nitrogens with zero attached hydrogens (tertiary/aromatic N) is 2. The first-order valence-electron chi connectivity index (χ1n) is 12.0. The summed E-state index contributed by atoms with van der Waals surface area (Å²) in [5, 5.41) is 2.58. The van der Waals surface area contributed by atoms with Crippen LogP contribution in [0.25, 0.3) is 0 Å². The molecule has 0 unspecified atom stereocenters. The quantitative estimate of drug-likeness (QED) is 0.413. The molecule has 9 heteroatoms. The van der Waals surface area contributed by atoms with E-state index in [1.54, 1.807) is 49.4 Å². The van der Waals surface area contributed by atoms with Gasteiger partial charge in [-0.25, -0.2) is 8.42 Å². The van der Waals surface area contributed by atoms with Gasteiger partial charge >= 0.3 is 0 Å². The molecule has 3 rings (SSSR count). The van der Waals surface area contributed by atoms with Crippen molar-refractivity contribution in [2.75, 3.05) is 24.5 Å². The van der Waals surface area contributed by atoms with Crippen LogP contribution in [0.1, 0.15) is 25.0 Å². The number of hydrogen-bond acceptors (Lipinski definition) is 5. The summed E-state index contributed by atoms with van der Waals surface area (Å²) >= 11 is 0. The highest BCUT2D eigenvalue weighted by Gasteiger charge is 2.32. The number of sulfonamides is 1. The predicted octanol–water partition coefficient (Wildman–Crippen LogP) is 3.75. The van der Waals surface area contributed by atoms with Gasteiger partial charge in [0, 0.05) is 13.6 Å². The van der Waals surface area contributed by atoms with Gasteiger partial charge < -0.3 is 15.0 Å². The number of likely N-dealkylation sites (N-methyl/N-ethyl adjacent to an activating group) is 1. The molecule has 37 heavy (non-hydrogen) atoms. The van der Waals surface area contributed by atoms with Crippen molar-refractivity contribution >= 4 is 27.5 Å². The first kappa shape index (κ1) is 27.7. The second kappa shape index (κ2) is 12.4. The average molecular weight is 524 g/mol. The molecule has 0 aliphatic carbocycles. The fraction of sp³-hybridized carbons (Fsp3) is 0.286. The van der Waals surface area contributed by atoms with Crippen molar-refractivity contribution in [3.63, 3.8) is 0 Å². The number of nitrogens with one attached hydrogen (secondary N) is 1. The lowest BCUT2D eigenvalue weighted by Gasteiger charge is -2.32. The predicted molar refractivity (Wildman–Crippen MR) is 144 cm³/mol. The number of rotatable bonds is 11. The number of carbonyl (C=O) groups is 2. The molecule has 196 valence electrons. The largest absolute Gasteiger partial charge is 0.494 e. The average Bonchev–Trinajstić information content (AvgIpc) is 2.91. The van der Waals surface area contributed by atoms with E-state index in [2.05, 4.69) is 5.32 Å². The molecule has 8 nitrogen and oxygen atoms in total. The first-order chi connectivity index (χ1) is 17.7. The topological polar surface area (TPSA) is 96.0 Å². The van der Waals surface area contributed by atoms with Gasteiger partial charge in [0.15, 0.2) is 0 Å². The first-order valence-corrected chi connectivity index (χ1v) is 13.5. The van der Waals surface area contributed by atoms with Crippen molar-refractivity contribution in [3.05, 3.63) is 90.0 Å². The highest BCUT2D eigenvalue weighted by Crippen LogP contribution is 2.26. The smallest absolute Gasteiger partial charge is 0.264 e. The second-order valence-corrected chi connectivity index (χ2v) is 10.4. The Hall–Kier alpha value is -3.85. The number of hydrogen-bond donors (Lipinski definition) is 1. The molecule has 0 heterocycles. The highest BCUT2D eigenvalue weighted by atomic mass is 32.2. The normalized spacial score (nSPS) is 11.9. The van der Waals surface area contributed by atoms with Gasteiger partial charge in [0.05, 0.1) is 17.2 Å². The molecule has 1 atom stereocenters. The molecule has 0 fully saturated rings. The molecule has 3 aromatic rings. The molecule has 0 radical (unpaired) electrons. The highest BCUT2D eigenvalue weighted by molar-refractivity contribution is 7.92. The van der Waals surface area contributed by atoms with Crippen molar-refractivity contribution < 1.29 is 22.7 Å². The second-order valence-electron chi connectivity index (χ2n) is 8.49. The van der Waals surface area contributed by atoms with Gasteiger partial charge in [-0.05, 0) is 68.3 Å². The molecule has 0 saturated heterocycles. The Bertz CT molecular complexity index is 1310. The lowest BCUT2D eigenvalue weighted by molar-refractivity contribution is -0.139. The summed E-state index contributed by atoms with van der Waals surface area (Å²) in [4.78, 5) is 27.8. The number of ether oxygens (including phenoxy) is 1. The van der Waals surface area contributed by atoms with Crippen molar-refractivity contribution in [1.82, 2.24) is 10.2 Å². The van der Waals surface area contributed by atoms with Gasteiger partial charge in [-0.1, -0.05) is 42.5 Å². The van der Waals surface area contributed by atoms with Gasteiger partial charge in [-0.15, -0.1) is 0 Å². The van der Waals surface area contributed by atoms with E-state index in [0.29, 0.717) is 18.0 Å². The lowest BCUT2D eigenvalue weighted by atomic mass is 10.1. The molecule has 0 bridgehead atoms. The van der Waals surface area contributed by atoms with Crippen LogP contribution in [-0.2, 0) is 26.2 Å². The van der Waals surface area contributed by atoms with Crippen LogP contribution < -0.4 is 14.4 Å². The van der Waals surface area contributed by atoms with E-state index in [4.69, 9.17) is 4.74 Å². The molecule has 0 spiro atoms. The number of anilines is 1. The van der Waals surface area contributed by atoms with Crippen molar-refractivity contribution in [3.8, 4) is 5.75 Å². The molecular formula is C28H33N3O5S. The molecule has 3 aromatic carbocycles. The molecule has 0 aliphatic heterocycles. The van der Waals surface area contributed by atoms with Gasteiger partial charge in [-0.3, -0.25) is 13.9 Å². The van der Waals surface area contributed by atoms with Crippen LogP contribution >= 0.6 is 0 Å². The summed E-state index contributed by atoms with van der Waals surface area (Å²) < 4.78 is 34.0. The molecule has 0 aliphatic rings. The molecule has 0 aromatic heterocycles. The van der Waals surface area contributed by atoms with Crippen LogP contribution in [0.4, 0.5) is 5.69 Å². The van der Waals surface area contributed by atoms with Crippen molar-refractivity contribution in [1.29, 1.82) is 0 Å². The minimum atomic E-state index is -4.10. The van der Waals surface area contributed by atoms with Gasteiger partial charge in [0.2, 0.25) is 11.8 Å². The number of benzene rings is 3. The maximum Gasteiger partial charge on any atom is 0.264 e. The van der Waals surface area contributed by atoms with E-state index in [1.165, 1.54) is 24.1 Å². The van der Waals surface area contributed by atoms with E-state index >= 15 is 0 Å². The zero-order chi connectivity index (χ0) is 27.0. The standard InChI is InChI=1S/C28H33N3O5S/c1-5-36-25-17-15-24(16-18-25)31(37(34,35)26-13-7-6-8-14-26)20-27(32)30(22(3)28(33)29-4)19-23-12-10-9-11-21(23)2/h6-18,22H,5,19-20H2,1-4H3,(H,29,33)/t22-/m1/s1. The summed E-state index contributed by atoms with van der Waals surface area (Å²) in [5.74, 6) is -0.266. The van der Waals surface area contributed by atoms with Crippen molar-refractivity contribution in [2.24, 2.45) is 0 Å². The van der Waals surface area contributed by atoms with E-state index in [9.17, 15) is 18.0 Å². The Kier molecular flexibility index (Phi) is 9.30. The summed E-state index contributed by atoms with van der Waals surface area (Å²) in [7, 11) is -2.59. The zero-order valence-corrected chi connectivity index (χ0v) is 22.4. The van der Waals surface area contributed by atoms with Gasteiger partial charge in [0.1, 0.15) is 18.3 Å². The number of amides is 2. The SMILES string of the molecule is CCOc1ccc(N(CC(=O)N(Cc2ccccc2C)[C@H](C)C(=O)NC)S(=O)(=O)c2ccccc2)cc1. The lowest BCUT2D eigenvalue weighted by Crippen LogP contribution is -2.50. The molecule has 0 saturated carbocycles. The van der Waals surface area contributed by atoms with Crippen LogP contribution in [0, 0.1) is 6.92 Å². The fourth-order valence-electron chi connectivity index (χ4n) is 3.89. The Balaban J connectivity index is 2.02. The Morgan fingerprint density at radius 3 is 2.16 bits per heavy atom. The Morgan fingerprint density at radius 2 is 1.57 bits per heavy atom. The van der Waals surface area contributed by atoms with E-state index < -0.39 is 28.5 Å². The Morgan fingerprint density at radius 1 is 0.946 bits per heavy atom.